The molecule has 2 rings (SSSR count). The van der Waals surface area contributed by atoms with Gasteiger partial charge in [0.1, 0.15) is 0 Å². The van der Waals surface area contributed by atoms with Gasteiger partial charge in [-0.25, -0.2) is 4.79 Å². The predicted molar refractivity (Wildman–Crippen MR) is 104 cm³/mol. The number of nitrogens with zero attached hydrogens (tertiary/aromatic N) is 1. The topological polar surface area (TPSA) is 64.6 Å². The number of aliphatic hydroxyl groups is 1. The zero-order valence-electron chi connectivity index (χ0n) is 15.7. The van der Waals surface area contributed by atoms with E-state index in [1.165, 1.54) is 31.4 Å². The smallest absolute Gasteiger partial charge is 0.319 e. The van der Waals surface area contributed by atoms with E-state index in [4.69, 9.17) is 0 Å². The summed E-state index contributed by atoms with van der Waals surface area (Å²) in [5.41, 5.74) is 1.93. The lowest BCUT2D eigenvalue weighted by Gasteiger charge is -2.23. The van der Waals surface area contributed by atoms with Gasteiger partial charge in [0, 0.05) is 37.6 Å². The monoisotopic (exact) mass is 347 g/mol. The molecule has 3 N–H and O–H groups in total. The van der Waals surface area contributed by atoms with Gasteiger partial charge in [0.15, 0.2) is 0 Å². The molecule has 1 heterocycles. The number of hydrogen-bond acceptors (Lipinski definition) is 3. The first kappa shape index (κ1) is 19.6. The molecule has 140 valence electrons. The molecule has 1 fully saturated rings. The van der Waals surface area contributed by atoms with Gasteiger partial charge >= 0.3 is 6.03 Å². The van der Waals surface area contributed by atoms with Crippen LogP contribution in [0.15, 0.2) is 24.3 Å². The molecular formula is C20H33N3O2. The van der Waals surface area contributed by atoms with E-state index in [1.807, 2.05) is 26.0 Å². The zero-order chi connectivity index (χ0) is 18.1. The number of carbonyl (C=O) groups is 1. The number of carbonyl (C=O) groups excluding carboxylic acids is 1. The van der Waals surface area contributed by atoms with Crippen LogP contribution in [0.1, 0.15) is 52.4 Å². The van der Waals surface area contributed by atoms with Gasteiger partial charge in [-0.2, -0.15) is 0 Å². The number of anilines is 2. The van der Waals surface area contributed by atoms with E-state index < -0.39 is 0 Å². The summed E-state index contributed by atoms with van der Waals surface area (Å²) in [5, 5.41) is 15.1. The van der Waals surface area contributed by atoms with Gasteiger partial charge in [0.25, 0.3) is 0 Å². The fraction of sp³-hybridized carbons (Fsp3) is 0.650. The largest absolute Gasteiger partial charge is 0.396 e. The highest BCUT2D eigenvalue weighted by molar-refractivity contribution is 5.89. The van der Waals surface area contributed by atoms with Gasteiger partial charge in [-0.15, -0.1) is 0 Å². The van der Waals surface area contributed by atoms with Crippen LogP contribution in [0.4, 0.5) is 16.2 Å². The minimum absolute atomic E-state index is 0.0837. The van der Waals surface area contributed by atoms with Crippen LogP contribution in [0.25, 0.3) is 0 Å². The van der Waals surface area contributed by atoms with Gasteiger partial charge in [-0.3, -0.25) is 0 Å². The number of benzene rings is 1. The third-order valence-corrected chi connectivity index (χ3v) is 4.82. The number of amides is 2. The van der Waals surface area contributed by atoms with Crippen molar-refractivity contribution in [1.29, 1.82) is 0 Å². The molecule has 0 unspecified atom stereocenters. The van der Waals surface area contributed by atoms with E-state index in [9.17, 15) is 9.90 Å². The van der Waals surface area contributed by atoms with Gasteiger partial charge in [-0.05, 0) is 49.3 Å². The average molecular weight is 348 g/mol. The lowest BCUT2D eigenvalue weighted by molar-refractivity contribution is 0.148. The Morgan fingerprint density at radius 2 is 1.92 bits per heavy atom. The Bertz CT molecular complexity index is 537. The Kier molecular flexibility index (Phi) is 7.56. The van der Waals surface area contributed by atoms with Crippen LogP contribution in [-0.4, -0.2) is 37.4 Å². The van der Waals surface area contributed by atoms with E-state index in [1.54, 1.807) is 0 Å². The zero-order valence-corrected chi connectivity index (χ0v) is 15.7. The van der Waals surface area contributed by atoms with Crippen molar-refractivity contribution < 1.29 is 9.90 Å². The van der Waals surface area contributed by atoms with Gasteiger partial charge in [-0.1, -0.05) is 32.8 Å². The molecule has 0 spiro atoms. The lowest BCUT2D eigenvalue weighted by atomic mass is 9.89. The minimum Gasteiger partial charge on any atom is -0.396 e. The first-order valence-corrected chi connectivity index (χ1v) is 9.51. The summed E-state index contributed by atoms with van der Waals surface area (Å²) in [6.45, 7) is 7.03. The first-order chi connectivity index (χ1) is 12.0. The molecule has 0 atom stereocenters. The van der Waals surface area contributed by atoms with Gasteiger partial charge in [0.2, 0.25) is 0 Å². The van der Waals surface area contributed by atoms with Crippen LogP contribution in [0, 0.1) is 5.41 Å². The van der Waals surface area contributed by atoms with Crippen LogP contribution in [0.5, 0.6) is 0 Å². The van der Waals surface area contributed by atoms with E-state index in [2.05, 4.69) is 27.7 Å². The second kappa shape index (κ2) is 9.66. The van der Waals surface area contributed by atoms with Gasteiger partial charge < -0.3 is 20.6 Å². The van der Waals surface area contributed by atoms with Crippen LogP contribution >= 0.6 is 0 Å². The maximum absolute atomic E-state index is 12.1. The molecule has 2 amide bonds. The summed E-state index contributed by atoms with van der Waals surface area (Å²) in [6.07, 6.45) is 6.83. The Morgan fingerprint density at radius 1 is 1.20 bits per heavy atom. The molecule has 0 aromatic heterocycles. The minimum atomic E-state index is -0.171. The van der Waals surface area contributed by atoms with Crippen molar-refractivity contribution in [1.82, 2.24) is 5.32 Å². The molecule has 1 aromatic rings. The second-order valence-electron chi connectivity index (χ2n) is 7.76. The van der Waals surface area contributed by atoms with Crippen molar-refractivity contribution in [3.05, 3.63) is 24.3 Å². The number of urea groups is 1. The molecule has 0 saturated carbocycles. The molecule has 0 bridgehead atoms. The third kappa shape index (κ3) is 6.94. The van der Waals surface area contributed by atoms with E-state index in [-0.39, 0.29) is 18.1 Å². The molecule has 1 aliphatic rings. The van der Waals surface area contributed by atoms with Crippen LogP contribution in [-0.2, 0) is 0 Å². The number of rotatable bonds is 7. The summed E-state index contributed by atoms with van der Waals surface area (Å²) < 4.78 is 0. The molecule has 1 aromatic carbocycles. The Labute approximate surface area is 151 Å². The highest BCUT2D eigenvalue weighted by Gasteiger charge is 2.15. The summed E-state index contributed by atoms with van der Waals surface area (Å²) >= 11 is 0. The van der Waals surface area contributed by atoms with E-state index >= 15 is 0 Å². The molecule has 1 aliphatic heterocycles. The van der Waals surface area contributed by atoms with Crippen LogP contribution < -0.4 is 15.5 Å². The van der Waals surface area contributed by atoms with Crippen molar-refractivity contribution in [2.45, 2.75) is 52.4 Å². The van der Waals surface area contributed by atoms with Crippen molar-refractivity contribution in [3.8, 4) is 0 Å². The third-order valence-electron chi connectivity index (χ3n) is 4.82. The highest BCUT2D eigenvalue weighted by Crippen LogP contribution is 2.23. The average Bonchev–Trinajstić information content (AvgIpc) is 2.88. The summed E-state index contributed by atoms with van der Waals surface area (Å²) in [6, 6.07) is 7.93. The fourth-order valence-electron chi connectivity index (χ4n) is 3.13. The Hall–Kier alpha value is -1.75. The summed E-state index contributed by atoms with van der Waals surface area (Å²) in [7, 11) is 0. The maximum Gasteiger partial charge on any atom is 0.319 e. The normalized spacial score (nSPS) is 15.6. The molecule has 0 radical (unpaired) electrons. The van der Waals surface area contributed by atoms with Crippen molar-refractivity contribution >= 4 is 17.4 Å². The van der Waals surface area contributed by atoms with Crippen molar-refractivity contribution in [2.75, 3.05) is 36.5 Å². The van der Waals surface area contributed by atoms with Gasteiger partial charge in [0.05, 0.1) is 0 Å². The Morgan fingerprint density at radius 3 is 2.60 bits per heavy atom. The number of aliphatic hydroxyl groups excluding tert-OH is 1. The number of nitrogens with one attached hydrogen (secondary N) is 2. The predicted octanol–water partition coefficient (Wildman–Crippen LogP) is 3.99. The maximum atomic E-state index is 12.1. The molecule has 25 heavy (non-hydrogen) atoms. The highest BCUT2D eigenvalue weighted by atomic mass is 16.3. The van der Waals surface area contributed by atoms with Crippen LogP contribution in [0.2, 0.25) is 0 Å². The van der Waals surface area contributed by atoms with E-state index in [0.29, 0.717) is 6.54 Å². The van der Waals surface area contributed by atoms with Crippen LogP contribution in [0.3, 0.4) is 0 Å². The second-order valence-corrected chi connectivity index (χ2v) is 7.76. The summed E-state index contributed by atoms with van der Waals surface area (Å²) in [5.74, 6) is 0. The molecule has 5 nitrogen and oxygen atoms in total. The fourth-order valence-corrected chi connectivity index (χ4v) is 3.13. The number of hydrogen-bond donors (Lipinski definition) is 3. The molecule has 0 aliphatic carbocycles. The quantitative estimate of drug-likeness (QED) is 0.654. The molecular weight excluding hydrogens is 314 g/mol. The standard InChI is InChI=1S/C20H33N3O2/c1-20(2,16-24)11-8-12-21-19(25)22-17-9-7-10-18(15-17)23-13-5-3-4-6-14-23/h7,9-10,15,24H,3-6,8,11-14,16H2,1-2H3,(H2,21,22,25). The van der Waals surface area contributed by atoms with Crippen molar-refractivity contribution in [3.63, 3.8) is 0 Å². The van der Waals surface area contributed by atoms with E-state index in [0.717, 1.165) is 31.6 Å². The first-order valence-electron chi connectivity index (χ1n) is 9.51. The molecule has 1 saturated heterocycles. The summed E-state index contributed by atoms with van der Waals surface area (Å²) in [4.78, 5) is 14.5. The SMILES string of the molecule is CC(C)(CO)CCCNC(=O)Nc1cccc(N2CCCCCC2)c1. The molecule has 5 heteroatoms. The lowest BCUT2D eigenvalue weighted by Crippen LogP contribution is -2.30. The van der Waals surface area contributed by atoms with Crippen molar-refractivity contribution in [2.24, 2.45) is 5.41 Å². The Balaban J connectivity index is 1.79.